The zero-order valence-corrected chi connectivity index (χ0v) is 7.38. The normalized spacial score (nSPS) is 10.7. The first kappa shape index (κ1) is 8.89. The molecule has 2 rings (SSSR count). The van der Waals surface area contributed by atoms with Gasteiger partial charge in [0.05, 0.1) is 11.0 Å². The lowest BCUT2D eigenvalue weighted by Crippen LogP contribution is -1.89. The van der Waals surface area contributed by atoms with Crippen LogP contribution >= 0.6 is 11.6 Å². The Balaban J connectivity index is 2.82. The van der Waals surface area contributed by atoms with Gasteiger partial charge in [0.1, 0.15) is 10.7 Å². The molecule has 0 aliphatic heterocycles. The van der Waals surface area contributed by atoms with E-state index in [9.17, 15) is 14.5 Å². The van der Waals surface area contributed by atoms with Gasteiger partial charge in [-0.2, -0.15) is 5.10 Å². The third-order valence-corrected chi connectivity index (χ3v) is 2.05. The summed E-state index contributed by atoms with van der Waals surface area (Å²) in [5.41, 5.74) is -0.348. The lowest BCUT2D eigenvalue weighted by atomic mass is 10.2. The molecule has 0 bridgehead atoms. The average molecular weight is 216 g/mol. The second kappa shape index (κ2) is 2.91. The Kier molecular flexibility index (Phi) is 1.85. The topological polar surface area (TPSA) is 71.8 Å². The second-order valence-electron chi connectivity index (χ2n) is 2.62. The molecular weight excluding hydrogens is 213 g/mol. The highest BCUT2D eigenvalue weighted by Crippen LogP contribution is 2.27. The molecule has 0 amide bonds. The molecule has 1 N–H and O–H groups in total. The Labute approximate surface area is 81.6 Å². The van der Waals surface area contributed by atoms with Gasteiger partial charge in [0.15, 0.2) is 5.82 Å². The van der Waals surface area contributed by atoms with Crippen molar-refractivity contribution in [3.8, 4) is 0 Å². The van der Waals surface area contributed by atoms with Crippen molar-refractivity contribution in [3.63, 3.8) is 0 Å². The number of rotatable bonds is 1. The quantitative estimate of drug-likeness (QED) is 0.586. The van der Waals surface area contributed by atoms with Gasteiger partial charge in [0, 0.05) is 11.5 Å². The van der Waals surface area contributed by atoms with E-state index in [1.54, 1.807) is 0 Å². The molecule has 0 atom stereocenters. The number of hydrogen-bond acceptors (Lipinski definition) is 3. The number of H-pyrrole nitrogens is 1. The summed E-state index contributed by atoms with van der Waals surface area (Å²) in [5.74, 6) is -0.766. The number of nitrogens with zero attached hydrogens (tertiary/aromatic N) is 2. The number of nitrogens with one attached hydrogen (secondary N) is 1. The fourth-order valence-electron chi connectivity index (χ4n) is 1.14. The summed E-state index contributed by atoms with van der Waals surface area (Å²) in [7, 11) is 0. The van der Waals surface area contributed by atoms with E-state index < -0.39 is 10.7 Å². The van der Waals surface area contributed by atoms with Crippen LogP contribution < -0.4 is 0 Å². The smallest absolute Gasteiger partial charge is 0.266 e. The van der Waals surface area contributed by atoms with Gasteiger partial charge in [0.2, 0.25) is 0 Å². The fourth-order valence-corrected chi connectivity index (χ4v) is 1.32. The minimum Gasteiger partial charge on any atom is -0.266 e. The molecule has 72 valence electrons. The van der Waals surface area contributed by atoms with E-state index >= 15 is 0 Å². The molecule has 0 unspecified atom stereocenters. The Morgan fingerprint density at radius 2 is 2.29 bits per heavy atom. The third kappa shape index (κ3) is 1.20. The maximum atomic E-state index is 13.2. The summed E-state index contributed by atoms with van der Waals surface area (Å²) in [6.07, 6.45) is 0. The molecule has 2 aromatic rings. The summed E-state index contributed by atoms with van der Waals surface area (Å²) < 4.78 is 13.2. The van der Waals surface area contributed by atoms with Gasteiger partial charge >= 0.3 is 0 Å². The molecule has 1 aromatic heterocycles. The molecule has 0 fully saturated rings. The number of halogens is 2. The number of fused-ring (bicyclic) bond motifs is 1. The number of aromatic amines is 1. The van der Waals surface area contributed by atoms with E-state index in [0.29, 0.717) is 0 Å². The summed E-state index contributed by atoms with van der Waals surface area (Å²) in [5, 5.41) is 16.6. The van der Waals surface area contributed by atoms with Gasteiger partial charge in [-0.15, -0.1) is 0 Å². The lowest BCUT2D eigenvalue weighted by Gasteiger charge is -1.92. The zero-order valence-electron chi connectivity index (χ0n) is 6.62. The van der Waals surface area contributed by atoms with Gasteiger partial charge in [-0.1, -0.05) is 11.6 Å². The van der Waals surface area contributed by atoms with Gasteiger partial charge in [-0.25, -0.2) is 4.39 Å². The third-order valence-electron chi connectivity index (χ3n) is 1.76. The minimum absolute atomic E-state index is 0.000556. The predicted octanol–water partition coefficient (Wildman–Crippen LogP) is 2.26. The standard InChI is InChI=1S/C7H3ClFN3O2/c8-7-4-1-3(12(13)14)2-5(9)6(4)10-11-7/h1-2H,(H,10,11). The molecule has 1 aromatic carbocycles. The Hall–Kier alpha value is -1.69. The average Bonchev–Trinajstić information content (AvgIpc) is 2.48. The highest BCUT2D eigenvalue weighted by atomic mass is 35.5. The van der Waals surface area contributed by atoms with Crippen molar-refractivity contribution in [1.82, 2.24) is 10.2 Å². The van der Waals surface area contributed by atoms with Crippen molar-refractivity contribution in [2.24, 2.45) is 0 Å². The van der Waals surface area contributed by atoms with Crippen LogP contribution in [0.15, 0.2) is 12.1 Å². The van der Waals surface area contributed by atoms with E-state index in [0.717, 1.165) is 6.07 Å². The van der Waals surface area contributed by atoms with Crippen LogP contribution in [0.4, 0.5) is 10.1 Å². The first-order chi connectivity index (χ1) is 6.59. The molecule has 0 radical (unpaired) electrons. The fraction of sp³-hybridized carbons (Fsp3) is 0. The highest BCUT2D eigenvalue weighted by Gasteiger charge is 2.15. The maximum absolute atomic E-state index is 13.2. The van der Waals surface area contributed by atoms with E-state index in [2.05, 4.69) is 10.2 Å². The van der Waals surface area contributed by atoms with Crippen LogP contribution in [-0.4, -0.2) is 15.1 Å². The monoisotopic (exact) mass is 215 g/mol. The van der Waals surface area contributed by atoms with Crippen molar-refractivity contribution in [1.29, 1.82) is 0 Å². The van der Waals surface area contributed by atoms with E-state index in [-0.39, 0.29) is 21.7 Å². The lowest BCUT2D eigenvalue weighted by molar-refractivity contribution is -0.384. The summed E-state index contributed by atoms with van der Waals surface area (Å²) in [6.45, 7) is 0. The number of nitro groups is 1. The number of hydrogen-bond donors (Lipinski definition) is 1. The second-order valence-corrected chi connectivity index (χ2v) is 3.00. The largest absolute Gasteiger partial charge is 0.273 e. The van der Waals surface area contributed by atoms with E-state index in [1.807, 2.05) is 0 Å². The van der Waals surface area contributed by atoms with Gasteiger partial charge in [-0.3, -0.25) is 15.2 Å². The van der Waals surface area contributed by atoms with Gasteiger partial charge in [-0.05, 0) is 0 Å². The first-order valence-electron chi connectivity index (χ1n) is 3.57. The molecular formula is C7H3ClFN3O2. The molecule has 14 heavy (non-hydrogen) atoms. The first-order valence-corrected chi connectivity index (χ1v) is 3.95. The number of non-ortho nitro benzene ring substituents is 1. The highest BCUT2D eigenvalue weighted by molar-refractivity contribution is 6.34. The van der Waals surface area contributed by atoms with Crippen LogP contribution in [0, 0.1) is 15.9 Å². The van der Waals surface area contributed by atoms with Crippen LogP contribution in [0.3, 0.4) is 0 Å². The predicted molar refractivity (Wildman–Crippen MR) is 47.7 cm³/mol. The molecule has 0 aliphatic carbocycles. The van der Waals surface area contributed by atoms with Crippen molar-refractivity contribution in [3.05, 3.63) is 33.2 Å². The van der Waals surface area contributed by atoms with E-state index in [4.69, 9.17) is 11.6 Å². The van der Waals surface area contributed by atoms with Crippen molar-refractivity contribution >= 4 is 28.2 Å². The molecule has 0 saturated heterocycles. The molecule has 7 heteroatoms. The Morgan fingerprint density at radius 3 is 2.93 bits per heavy atom. The number of aromatic nitrogens is 2. The van der Waals surface area contributed by atoms with Crippen LogP contribution in [0.5, 0.6) is 0 Å². The Bertz CT molecular complexity index is 525. The van der Waals surface area contributed by atoms with Crippen LogP contribution in [0.2, 0.25) is 5.15 Å². The van der Waals surface area contributed by atoms with Crippen molar-refractivity contribution in [2.45, 2.75) is 0 Å². The molecule has 0 spiro atoms. The molecule has 0 aliphatic rings. The zero-order chi connectivity index (χ0) is 10.3. The van der Waals surface area contributed by atoms with Crippen molar-refractivity contribution < 1.29 is 9.31 Å². The van der Waals surface area contributed by atoms with Crippen LogP contribution in [-0.2, 0) is 0 Å². The summed E-state index contributed by atoms with van der Waals surface area (Å²) >= 11 is 5.61. The number of benzene rings is 1. The summed E-state index contributed by atoms with van der Waals surface area (Å²) in [4.78, 5) is 9.71. The molecule has 5 nitrogen and oxygen atoms in total. The minimum atomic E-state index is -0.766. The number of nitro benzene ring substituents is 1. The van der Waals surface area contributed by atoms with Gasteiger partial charge < -0.3 is 0 Å². The summed E-state index contributed by atoms with van der Waals surface area (Å²) in [6, 6.07) is 1.98. The molecule has 1 heterocycles. The van der Waals surface area contributed by atoms with Crippen LogP contribution in [0.1, 0.15) is 0 Å². The maximum Gasteiger partial charge on any atom is 0.273 e. The SMILES string of the molecule is O=[N+]([O-])c1cc(F)c2n[nH]c(Cl)c2c1. The van der Waals surface area contributed by atoms with Crippen molar-refractivity contribution in [2.75, 3.05) is 0 Å². The van der Waals surface area contributed by atoms with E-state index in [1.165, 1.54) is 6.07 Å². The van der Waals surface area contributed by atoms with Gasteiger partial charge in [0.25, 0.3) is 5.69 Å². The molecule has 0 saturated carbocycles. The Morgan fingerprint density at radius 1 is 1.57 bits per heavy atom. The van der Waals surface area contributed by atoms with Crippen LogP contribution in [0.25, 0.3) is 10.9 Å².